The molecule has 0 spiro atoms. The van der Waals surface area contributed by atoms with E-state index in [1.54, 1.807) is 62.8 Å². The number of benzene rings is 2. The Bertz CT molecular complexity index is 719. The van der Waals surface area contributed by atoms with Crippen molar-refractivity contribution >= 4 is 11.9 Å². The van der Waals surface area contributed by atoms with E-state index in [4.69, 9.17) is 18.9 Å². The van der Waals surface area contributed by atoms with Crippen molar-refractivity contribution in [1.29, 1.82) is 0 Å². The van der Waals surface area contributed by atoms with Crippen LogP contribution in [0, 0.1) is 11.8 Å². The van der Waals surface area contributed by atoms with E-state index in [9.17, 15) is 9.59 Å². The lowest BCUT2D eigenvalue weighted by Gasteiger charge is -2.25. The Hall–Kier alpha value is -3.02. The topological polar surface area (TPSA) is 71.1 Å². The highest BCUT2D eigenvalue weighted by molar-refractivity contribution is 5.77. The molecule has 1 saturated carbocycles. The highest BCUT2D eigenvalue weighted by atomic mass is 16.5. The molecule has 148 valence electrons. The summed E-state index contributed by atoms with van der Waals surface area (Å²) in [6.07, 6.45) is 2.43. The van der Waals surface area contributed by atoms with E-state index in [0.29, 0.717) is 48.7 Å². The van der Waals surface area contributed by atoms with Crippen LogP contribution < -0.4 is 18.9 Å². The molecule has 2 aromatic carbocycles. The first-order valence-corrected chi connectivity index (χ1v) is 9.30. The first-order chi connectivity index (χ1) is 13.6. The summed E-state index contributed by atoms with van der Waals surface area (Å²) in [5, 5.41) is 0. The van der Waals surface area contributed by atoms with Crippen LogP contribution in [0.5, 0.6) is 23.0 Å². The van der Waals surface area contributed by atoms with Crippen LogP contribution in [0.2, 0.25) is 0 Å². The van der Waals surface area contributed by atoms with Gasteiger partial charge in [-0.1, -0.05) is 0 Å². The fraction of sp³-hybridized carbons (Fsp3) is 0.364. The van der Waals surface area contributed by atoms with E-state index in [1.807, 2.05) is 0 Å². The Kier molecular flexibility index (Phi) is 6.53. The number of carbonyl (C=O) groups excluding carboxylic acids is 2. The highest BCUT2D eigenvalue weighted by Gasteiger charge is 2.32. The maximum absolute atomic E-state index is 12.4. The van der Waals surface area contributed by atoms with Gasteiger partial charge in [-0.3, -0.25) is 9.59 Å². The van der Waals surface area contributed by atoms with Gasteiger partial charge in [-0.2, -0.15) is 0 Å². The third kappa shape index (κ3) is 5.03. The van der Waals surface area contributed by atoms with Gasteiger partial charge in [0.1, 0.15) is 23.0 Å². The second kappa shape index (κ2) is 9.26. The minimum absolute atomic E-state index is 0.202. The van der Waals surface area contributed by atoms with Gasteiger partial charge in [0.05, 0.1) is 26.1 Å². The Morgan fingerprint density at radius 1 is 0.607 bits per heavy atom. The van der Waals surface area contributed by atoms with E-state index in [-0.39, 0.29) is 23.8 Å². The molecule has 0 radical (unpaired) electrons. The van der Waals surface area contributed by atoms with Gasteiger partial charge in [0.25, 0.3) is 0 Å². The second-order valence-corrected chi connectivity index (χ2v) is 6.74. The van der Waals surface area contributed by atoms with Crippen LogP contribution in [-0.4, -0.2) is 26.2 Å². The number of methoxy groups -OCH3 is 2. The van der Waals surface area contributed by atoms with Crippen molar-refractivity contribution in [2.45, 2.75) is 25.7 Å². The number of rotatable bonds is 6. The van der Waals surface area contributed by atoms with Crippen LogP contribution in [0.4, 0.5) is 0 Å². The van der Waals surface area contributed by atoms with Crippen LogP contribution in [0.25, 0.3) is 0 Å². The van der Waals surface area contributed by atoms with Gasteiger partial charge >= 0.3 is 11.9 Å². The molecule has 3 rings (SSSR count). The van der Waals surface area contributed by atoms with Gasteiger partial charge in [-0.25, -0.2) is 0 Å². The van der Waals surface area contributed by atoms with Crippen molar-refractivity contribution in [1.82, 2.24) is 0 Å². The van der Waals surface area contributed by atoms with Crippen LogP contribution in [0.15, 0.2) is 48.5 Å². The lowest BCUT2D eigenvalue weighted by atomic mass is 9.82. The Morgan fingerprint density at radius 2 is 0.893 bits per heavy atom. The molecule has 0 atom stereocenters. The number of esters is 2. The van der Waals surface area contributed by atoms with Gasteiger partial charge in [-0.15, -0.1) is 0 Å². The smallest absolute Gasteiger partial charge is 0.314 e. The van der Waals surface area contributed by atoms with Crippen molar-refractivity contribution < 1.29 is 28.5 Å². The van der Waals surface area contributed by atoms with E-state index < -0.39 is 0 Å². The number of ether oxygens (including phenoxy) is 4. The minimum Gasteiger partial charge on any atom is -0.497 e. The standard InChI is InChI=1S/C22H24O6/c1-25-17-7-11-19(12-8-17)27-21(23)15-3-5-16(6-4-15)22(24)28-20-13-9-18(26-2)10-14-20/h7-16H,3-6H2,1-2H3. The first kappa shape index (κ1) is 19.7. The molecule has 2 aromatic rings. The van der Waals surface area contributed by atoms with Gasteiger partial charge in [0.15, 0.2) is 0 Å². The Balaban J connectivity index is 1.47. The first-order valence-electron chi connectivity index (χ1n) is 9.30. The molecule has 0 aliphatic heterocycles. The monoisotopic (exact) mass is 384 g/mol. The molecule has 6 heteroatoms. The number of hydrogen-bond donors (Lipinski definition) is 0. The van der Waals surface area contributed by atoms with E-state index in [0.717, 1.165) is 0 Å². The molecule has 0 aromatic heterocycles. The summed E-state index contributed by atoms with van der Waals surface area (Å²) < 4.78 is 21.1. The maximum Gasteiger partial charge on any atom is 0.314 e. The van der Waals surface area contributed by atoms with Crippen molar-refractivity contribution in [2.24, 2.45) is 11.8 Å². The molecule has 1 aliphatic rings. The zero-order valence-electron chi connectivity index (χ0n) is 16.1. The van der Waals surface area contributed by atoms with Crippen LogP contribution >= 0.6 is 0 Å². The average molecular weight is 384 g/mol. The second-order valence-electron chi connectivity index (χ2n) is 6.74. The quantitative estimate of drug-likeness (QED) is 0.553. The summed E-state index contributed by atoms with van der Waals surface area (Å²) in [7, 11) is 3.16. The molecular weight excluding hydrogens is 360 g/mol. The summed E-state index contributed by atoms with van der Waals surface area (Å²) in [6.45, 7) is 0. The van der Waals surface area contributed by atoms with Gasteiger partial charge in [0.2, 0.25) is 0 Å². The van der Waals surface area contributed by atoms with Gasteiger partial charge < -0.3 is 18.9 Å². The molecule has 28 heavy (non-hydrogen) atoms. The minimum atomic E-state index is -0.257. The predicted molar refractivity (Wildman–Crippen MR) is 103 cm³/mol. The Morgan fingerprint density at radius 3 is 1.18 bits per heavy atom. The molecule has 0 bridgehead atoms. The van der Waals surface area contributed by atoms with Crippen molar-refractivity contribution in [3.05, 3.63) is 48.5 Å². The van der Waals surface area contributed by atoms with Crippen LogP contribution in [-0.2, 0) is 9.59 Å². The van der Waals surface area contributed by atoms with Crippen molar-refractivity contribution in [3.8, 4) is 23.0 Å². The van der Waals surface area contributed by atoms with E-state index in [2.05, 4.69) is 0 Å². The van der Waals surface area contributed by atoms with E-state index >= 15 is 0 Å². The average Bonchev–Trinajstić information content (AvgIpc) is 2.75. The molecular formula is C22H24O6. The summed E-state index contributed by atoms with van der Waals surface area (Å²) in [5.41, 5.74) is 0. The molecule has 0 amide bonds. The zero-order chi connectivity index (χ0) is 19.9. The predicted octanol–water partition coefficient (Wildman–Crippen LogP) is 4.02. The van der Waals surface area contributed by atoms with Crippen molar-refractivity contribution in [2.75, 3.05) is 14.2 Å². The van der Waals surface area contributed by atoms with Crippen molar-refractivity contribution in [3.63, 3.8) is 0 Å². The molecule has 0 heterocycles. The molecule has 6 nitrogen and oxygen atoms in total. The summed E-state index contributed by atoms with van der Waals surface area (Å²) in [5.74, 6) is 1.48. The number of hydrogen-bond acceptors (Lipinski definition) is 6. The highest BCUT2D eigenvalue weighted by Crippen LogP contribution is 2.31. The third-order valence-corrected chi connectivity index (χ3v) is 4.95. The maximum atomic E-state index is 12.4. The zero-order valence-corrected chi connectivity index (χ0v) is 16.1. The fourth-order valence-electron chi connectivity index (χ4n) is 3.25. The Labute approximate surface area is 164 Å². The lowest BCUT2D eigenvalue weighted by molar-refractivity contribution is -0.145. The SMILES string of the molecule is COc1ccc(OC(=O)C2CCC(C(=O)Oc3ccc(OC)cc3)CC2)cc1. The molecule has 0 saturated heterocycles. The van der Waals surface area contributed by atoms with Crippen LogP contribution in [0.1, 0.15) is 25.7 Å². The largest absolute Gasteiger partial charge is 0.497 e. The summed E-state index contributed by atoms with van der Waals surface area (Å²) in [4.78, 5) is 24.7. The third-order valence-electron chi connectivity index (χ3n) is 4.95. The molecule has 0 N–H and O–H groups in total. The lowest BCUT2D eigenvalue weighted by Crippen LogP contribution is -2.30. The van der Waals surface area contributed by atoms with E-state index in [1.165, 1.54) is 0 Å². The molecule has 0 unspecified atom stereocenters. The van der Waals surface area contributed by atoms with Gasteiger partial charge in [0, 0.05) is 0 Å². The number of carbonyl (C=O) groups is 2. The molecule has 1 fully saturated rings. The summed E-state index contributed by atoms with van der Waals surface area (Å²) >= 11 is 0. The summed E-state index contributed by atoms with van der Waals surface area (Å²) in [6, 6.07) is 13.8. The fourth-order valence-corrected chi connectivity index (χ4v) is 3.25. The molecule has 1 aliphatic carbocycles. The van der Waals surface area contributed by atoms with Gasteiger partial charge in [-0.05, 0) is 74.2 Å². The normalized spacial score (nSPS) is 18.8. The van der Waals surface area contributed by atoms with Crippen LogP contribution in [0.3, 0.4) is 0 Å².